The maximum absolute atomic E-state index is 11.8. The lowest BCUT2D eigenvalue weighted by atomic mass is 10.2. The highest BCUT2D eigenvalue weighted by molar-refractivity contribution is 9.11. The number of hydrogen-bond donors (Lipinski definition) is 1. The molecular weight excluding hydrogens is 467 g/mol. The van der Waals surface area contributed by atoms with Crippen molar-refractivity contribution in [2.75, 3.05) is 12.4 Å². The van der Waals surface area contributed by atoms with Crippen LogP contribution in [0.25, 0.3) is 0 Å². The Bertz CT molecular complexity index is 694. The number of rotatable bonds is 4. The van der Waals surface area contributed by atoms with Gasteiger partial charge in [0.15, 0.2) is 4.47 Å². The Labute approximate surface area is 152 Å². The van der Waals surface area contributed by atoms with E-state index in [4.69, 9.17) is 27.9 Å². The number of carbonyl (C=O) groups excluding carboxylic acids is 1. The van der Waals surface area contributed by atoms with E-state index in [9.17, 15) is 4.79 Å². The highest BCUT2D eigenvalue weighted by atomic mass is 79.9. The molecule has 0 aliphatic carbocycles. The van der Waals surface area contributed by atoms with Crippen molar-refractivity contribution in [1.29, 1.82) is 0 Å². The van der Waals surface area contributed by atoms with Crippen LogP contribution in [0.5, 0.6) is 0 Å². The van der Waals surface area contributed by atoms with Gasteiger partial charge in [-0.15, -0.1) is 11.3 Å². The van der Waals surface area contributed by atoms with Crippen LogP contribution >= 0.6 is 66.4 Å². The fourth-order valence-corrected chi connectivity index (χ4v) is 4.60. The Hall–Kier alpha value is -0.340. The Kier molecular flexibility index (Phi) is 5.90. The minimum atomic E-state index is -0.464. The molecule has 1 N–H and O–H groups in total. The largest absolute Gasteiger partial charge is 0.465 e. The van der Waals surface area contributed by atoms with Crippen molar-refractivity contribution in [1.82, 2.24) is 4.98 Å². The molecule has 0 aliphatic rings. The lowest BCUT2D eigenvalue weighted by Gasteiger charge is -2.14. The van der Waals surface area contributed by atoms with E-state index in [1.165, 1.54) is 18.4 Å². The first-order valence-electron chi connectivity index (χ1n) is 5.54. The topological polar surface area (TPSA) is 51.2 Å². The number of benzene rings is 1. The predicted octanol–water partition coefficient (Wildman–Crippen LogP) is 5.37. The van der Waals surface area contributed by atoms with Gasteiger partial charge in [-0.1, -0.05) is 23.2 Å². The number of methoxy groups -OCH3 is 1. The quantitative estimate of drug-likeness (QED) is 0.605. The summed E-state index contributed by atoms with van der Waals surface area (Å²) in [6, 6.07) is 1.64. The molecule has 0 amide bonds. The maximum atomic E-state index is 11.8. The van der Waals surface area contributed by atoms with E-state index >= 15 is 0 Å². The molecule has 1 aromatic heterocycles. The van der Waals surface area contributed by atoms with E-state index in [1.54, 1.807) is 12.3 Å². The van der Waals surface area contributed by atoms with Crippen LogP contribution in [-0.2, 0) is 11.3 Å². The molecule has 0 spiro atoms. The van der Waals surface area contributed by atoms with Crippen molar-refractivity contribution in [2.24, 2.45) is 0 Å². The fraction of sp³-hybridized carbons (Fsp3) is 0.167. The van der Waals surface area contributed by atoms with Crippen LogP contribution in [0.2, 0.25) is 9.49 Å². The Balaban J connectivity index is 2.32. The first kappa shape index (κ1) is 17.0. The maximum Gasteiger partial charge on any atom is 0.340 e. The molecule has 0 aliphatic heterocycles. The smallest absolute Gasteiger partial charge is 0.340 e. The SMILES string of the molecule is COC(=O)c1c(Br)cc(Cl)c(NCc2cnc(Cl)s2)c1Br. The number of ether oxygens (including phenoxy) is 1. The van der Waals surface area contributed by atoms with Crippen molar-refractivity contribution in [2.45, 2.75) is 6.54 Å². The molecule has 0 unspecified atom stereocenters. The molecule has 4 nitrogen and oxygen atoms in total. The zero-order valence-corrected chi connectivity index (χ0v) is 16.0. The first-order chi connectivity index (χ1) is 9.93. The number of nitrogens with one attached hydrogen (secondary N) is 1. The van der Waals surface area contributed by atoms with Gasteiger partial charge in [-0.3, -0.25) is 0 Å². The van der Waals surface area contributed by atoms with E-state index in [0.29, 0.717) is 36.2 Å². The Morgan fingerprint density at radius 2 is 2.19 bits per heavy atom. The molecular formula is C12H8Br2Cl2N2O2S. The van der Waals surface area contributed by atoms with Crippen LogP contribution in [0.3, 0.4) is 0 Å². The average Bonchev–Trinajstić information content (AvgIpc) is 2.83. The van der Waals surface area contributed by atoms with Crippen LogP contribution in [-0.4, -0.2) is 18.1 Å². The molecule has 112 valence electrons. The highest BCUT2D eigenvalue weighted by Gasteiger charge is 2.20. The lowest BCUT2D eigenvalue weighted by molar-refractivity contribution is 0.0598. The normalized spacial score (nSPS) is 10.5. The third kappa shape index (κ3) is 3.90. The van der Waals surface area contributed by atoms with Gasteiger partial charge < -0.3 is 10.1 Å². The molecule has 2 aromatic rings. The first-order valence-corrected chi connectivity index (χ1v) is 8.69. The monoisotopic (exact) mass is 472 g/mol. The number of esters is 1. The van der Waals surface area contributed by atoms with Crippen LogP contribution < -0.4 is 5.32 Å². The van der Waals surface area contributed by atoms with Crippen molar-refractivity contribution < 1.29 is 9.53 Å². The number of halogens is 4. The van der Waals surface area contributed by atoms with Crippen molar-refractivity contribution >= 4 is 78.1 Å². The predicted molar refractivity (Wildman–Crippen MR) is 92.6 cm³/mol. The number of nitrogens with zero attached hydrogens (tertiary/aromatic N) is 1. The van der Waals surface area contributed by atoms with Gasteiger partial charge in [0.1, 0.15) is 0 Å². The van der Waals surface area contributed by atoms with Gasteiger partial charge in [0.05, 0.1) is 34.4 Å². The number of carbonyl (C=O) groups is 1. The summed E-state index contributed by atoms with van der Waals surface area (Å²) in [5.41, 5.74) is 0.969. The summed E-state index contributed by atoms with van der Waals surface area (Å²) in [6.07, 6.45) is 1.68. The van der Waals surface area contributed by atoms with Crippen LogP contribution in [0.1, 0.15) is 15.2 Å². The standard InChI is InChI=1S/C12H8Br2Cl2N2O2S/c1-20-11(19)8-6(13)2-7(15)10(9(8)14)17-3-5-4-18-12(16)21-5/h2,4,17H,3H2,1H3. The summed E-state index contributed by atoms with van der Waals surface area (Å²) in [7, 11) is 1.32. The summed E-state index contributed by atoms with van der Waals surface area (Å²) in [4.78, 5) is 16.7. The summed E-state index contributed by atoms with van der Waals surface area (Å²) >= 11 is 20.1. The van der Waals surface area contributed by atoms with E-state index < -0.39 is 5.97 Å². The molecule has 0 bridgehead atoms. The molecule has 1 heterocycles. The molecule has 0 radical (unpaired) electrons. The van der Waals surface area contributed by atoms with Crippen LogP contribution in [0, 0.1) is 0 Å². The van der Waals surface area contributed by atoms with Gasteiger partial charge in [0, 0.05) is 15.5 Å². The minimum Gasteiger partial charge on any atom is -0.465 e. The summed E-state index contributed by atoms with van der Waals surface area (Å²) in [5, 5.41) is 3.63. The summed E-state index contributed by atoms with van der Waals surface area (Å²) < 4.78 is 6.32. The number of anilines is 1. The van der Waals surface area contributed by atoms with Gasteiger partial charge in [-0.25, -0.2) is 9.78 Å². The molecule has 21 heavy (non-hydrogen) atoms. The van der Waals surface area contributed by atoms with Gasteiger partial charge in [0.2, 0.25) is 0 Å². The van der Waals surface area contributed by atoms with Crippen molar-refractivity contribution in [3.05, 3.63) is 41.1 Å². The second kappa shape index (κ2) is 7.28. The number of hydrogen-bond acceptors (Lipinski definition) is 5. The zero-order valence-electron chi connectivity index (χ0n) is 10.5. The van der Waals surface area contributed by atoms with Crippen LogP contribution in [0.4, 0.5) is 5.69 Å². The Morgan fingerprint density at radius 1 is 1.48 bits per heavy atom. The van der Waals surface area contributed by atoms with Crippen molar-refractivity contribution in [3.8, 4) is 0 Å². The molecule has 0 fully saturated rings. The number of thiazole rings is 1. The minimum absolute atomic E-state index is 0.367. The average molecular weight is 475 g/mol. The van der Waals surface area contributed by atoms with E-state index in [1.807, 2.05) is 0 Å². The third-order valence-corrected chi connectivity index (χ3v) is 5.36. The van der Waals surface area contributed by atoms with Gasteiger partial charge in [0.25, 0.3) is 0 Å². The second-order valence-corrected chi connectivity index (χ2v) is 7.58. The van der Waals surface area contributed by atoms with E-state index in [0.717, 1.165) is 4.88 Å². The van der Waals surface area contributed by atoms with E-state index in [2.05, 4.69) is 42.2 Å². The molecule has 2 rings (SSSR count). The van der Waals surface area contributed by atoms with Gasteiger partial charge in [-0.2, -0.15) is 0 Å². The highest BCUT2D eigenvalue weighted by Crippen LogP contribution is 2.39. The number of aromatic nitrogens is 1. The van der Waals surface area contributed by atoms with Crippen LogP contribution in [0.15, 0.2) is 21.2 Å². The second-order valence-electron chi connectivity index (χ2n) is 3.83. The van der Waals surface area contributed by atoms with E-state index in [-0.39, 0.29) is 0 Å². The van der Waals surface area contributed by atoms with Gasteiger partial charge >= 0.3 is 5.97 Å². The molecule has 9 heteroatoms. The lowest BCUT2D eigenvalue weighted by Crippen LogP contribution is -2.07. The van der Waals surface area contributed by atoms with Crippen molar-refractivity contribution in [3.63, 3.8) is 0 Å². The Morgan fingerprint density at radius 3 is 2.76 bits per heavy atom. The summed E-state index contributed by atoms with van der Waals surface area (Å²) in [6.45, 7) is 0.491. The zero-order chi connectivity index (χ0) is 15.6. The molecule has 1 aromatic carbocycles. The molecule has 0 atom stereocenters. The third-order valence-electron chi connectivity index (χ3n) is 2.52. The molecule has 0 saturated heterocycles. The fourth-order valence-electron chi connectivity index (χ4n) is 1.58. The summed E-state index contributed by atoms with van der Waals surface area (Å²) in [5.74, 6) is -0.464. The molecule has 0 saturated carbocycles. The van der Waals surface area contributed by atoms with Gasteiger partial charge in [-0.05, 0) is 37.9 Å².